The molecule has 0 unspecified atom stereocenters. The quantitative estimate of drug-likeness (QED) is 0.683. The molecule has 6 nitrogen and oxygen atoms in total. The Bertz CT molecular complexity index is 614. The number of carbonyl (C=O) groups excluding carboxylic acids is 1. The van der Waals surface area contributed by atoms with Crippen LogP contribution in [0.1, 0.15) is 10.4 Å². The summed E-state index contributed by atoms with van der Waals surface area (Å²) in [5.41, 5.74) is -0.412. The monoisotopic (exact) mass is 267 g/mol. The van der Waals surface area contributed by atoms with Crippen LogP contribution in [0.2, 0.25) is 0 Å². The lowest BCUT2D eigenvalue weighted by Gasteiger charge is -2.02. The first kappa shape index (κ1) is 12.1. The van der Waals surface area contributed by atoms with Crippen LogP contribution in [0.5, 0.6) is 0 Å². The van der Waals surface area contributed by atoms with Crippen molar-refractivity contribution in [2.24, 2.45) is 0 Å². The lowest BCUT2D eigenvalue weighted by atomic mass is 10.1. The van der Waals surface area contributed by atoms with Crippen LogP contribution >= 0.6 is 11.3 Å². The topological polar surface area (TPSA) is 85.1 Å². The molecule has 0 aliphatic heterocycles. The van der Waals surface area contributed by atoms with Gasteiger partial charge in [0.2, 0.25) is 0 Å². The van der Waals surface area contributed by atoms with Gasteiger partial charge in [0.1, 0.15) is 5.56 Å². The Hall–Kier alpha value is -2.35. The fourth-order valence-electron chi connectivity index (χ4n) is 1.30. The van der Waals surface area contributed by atoms with E-state index in [9.17, 15) is 19.3 Å². The number of rotatable bonds is 3. The van der Waals surface area contributed by atoms with Gasteiger partial charge in [0.25, 0.3) is 11.6 Å². The van der Waals surface area contributed by atoms with Crippen LogP contribution in [0.15, 0.2) is 30.5 Å². The molecule has 1 N–H and O–H groups in total. The molecule has 0 bridgehead atoms. The van der Waals surface area contributed by atoms with Gasteiger partial charge in [-0.2, -0.15) is 4.39 Å². The third kappa shape index (κ3) is 2.48. The molecule has 0 saturated carbocycles. The minimum absolute atomic E-state index is 0.0515. The van der Waals surface area contributed by atoms with Gasteiger partial charge < -0.3 is 0 Å². The van der Waals surface area contributed by atoms with Crippen molar-refractivity contribution in [2.45, 2.75) is 0 Å². The maximum Gasteiger partial charge on any atom is 0.282 e. The zero-order valence-corrected chi connectivity index (χ0v) is 9.61. The second-order valence-electron chi connectivity index (χ2n) is 3.20. The second-order valence-corrected chi connectivity index (χ2v) is 4.18. The van der Waals surface area contributed by atoms with Crippen molar-refractivity contribution < 1.29 is 14.1 Å². The molecule has 1 amide bonds. The van der Waals surface area contributed by atoms with Crippen LogP contribution < -0.4 is 5.32 Å². The predicted octanol–water partition coefficient (Wildman–Crippen LogP) is 2.44. The maximum absolute atomic E-state index is 12.7. The van der Waals surface area contributed by atoms with Crippen LogP contribution in [-0.4, -0.2) is 15.8 Å². The number of nitrogens with zero attached hydrogens (tertiary/aromatic N) is 2. The van der Waals surface area contributed by atoms with E-state index in [4.69, 9.17) is 0 Å². The van der Waals surface area contributed by atoms with E-state index in [-0.39, 0.29) is 16.4 Å². The SMILES string of the molecule is O=C(Nc1ncc(F)s1)c1ccccc1[N+](=O)[O-]. The molecule has 0 radical (unpaired) electrons. The van der Waals surface area contributed by atoms with Gasteiger partial charge in [0.15, 0.2) is 10.3 Å². The third-order valence-electron chi connectivity index (χ3n) is 2.04. The normalized spacial score (nSPS) is 10.1. The van der Waals surface area contributed by atoms with Gasteiger partial charge in [0, 0.05) is 6.07 Å². The smallest absolute Gasteiger partial charge is 0.282 e. The summed E-state index contributed by atoms with van der Waals surface area (Å²) < 4.78 is 12.7. The number of hydrogen-bond donors (Lipinski definition) is 1. The maximum atomic E-state index is 12.7. The van der Waals surface area contributed by atoms with Crippen LogP contribution in [-0.2, 0) is 0 Å². The Labute approximate surface area is 104 Å². The highest BCUT2D eigenvalue weighted by molar-refractivity contribution is 7.14. The Kier molecular flexibility index (Phi) is 3.28. The van der Waals surface area contributed by atoms with E-state index in [1.54, 1.807) is 0 Å². The number of carbonyl (C=O) groups is 1. The fraction of sp³-hybridized carbons (Fsp3) is 0. The summed E-state index contributed by atoms with van der Waals surface area (Å²) in [5, 5.41) is 12.5. The van der Waals surface area contributed by atoms with Crippen LogP contribution in [0.3, 0.4) is 0 Å². The number of hydrogen-bond acceptors (Lipinski definition) is 5. The number of amides is 1. The van der Waals surface area contributed by atoms with E-state index in [2.05, 4.69) is 10.3 Å². The van der Waals surface area contributed by atoms with Crippen molar-refractivity contribution in [1.82, 2.24) is 4.98 Å². The minimum atomic E-state index is -0.698. The number of halogens is 1. The molecule has 8 heteroatoms. The van der Waals surface area contributed by atoms with Crippen molar-refractivity contribution in [2.75, 3.05) is 5.32 Å². The summed E-state index contributed by atoms with van der Waals surface area (Å²) in [4.78, 5) is 25.5. The first-order valence-electron chi connectivity index (χ1n) is 4.74. The van der Waals surface area contributed by atoms with Gasteiger partial charge in [-0.15, -0.1) is 0 Å². The molecule has 2 aromatic rings. The molecule has 0 spiro atoms. The number of thiazole rings is 1. The van der Waals surface area contributed by atoms with Crippen molar-refractivity contribution >= 4 is 28.1 Å². The summed E-state index contributed by atoms with van der Waals surface area (Å²) in [7, 11) is 0. The molecule has 1 aromatic carbocycles. The molecule has 1 aromatic heterocycles. The number of benzene rings is 1. The number of aromatic nitrogens is 1. The van der Waals surface area contributed by atoms with Crippen LogP contribution in [0.4, 0.5) is 15.2 Å². The molecule has 1 heterocycles. The lowest BCUT2D eigenvalue weighted by Crippen LogP contribution is -2.13. The Balaban J connectivity index is 2.26. The van der Waals surface area contributed by atoms with E-state index in [1.165, 1.54) is 24.3 Å². The van der Waals surface area contributed by atoms with E-state index in [0.29, 0.717) is 11.3 Å². The average Bonchev–Trinajstić information content (AvgIpc) is 2.74. The Morgan fingerprint density at radius 3 is 2.78 bits per heavy atom. The second kappa shape index (κ2) is 4.88. The van der Waals surface area contributed by atoms with E-state index in [1.807, 2.05) is 0 Å². The molecular weight excluding hydrogens is 261 g/mol. The highest BCUT2D eigenvalue weighted by Gasteiger charge is 2.19. The number of nitrogens with one attached hydrogen (secondary N) is 1. The fourth-order valence-corrected chi connectivity index (χ4v) is 1.84. The zero-order valence-electron chi connectivity index (χ0n) is 8.79. The average molecular weight is 267 g/mol. The van der Waals surface area contributed by atoms with E-state index >= 15 is 0 Å². The highest BCUT2D eigenvalue weighted by Crippen LogP contribution is 2.21. The number of nitro groups is 1. The standard InChI is InChI=1S/C10H6FN3O3S/c11-8-5-12-10(18-8)13-9(15)6-3-1-2-4-7(6)14(16)17/h1-5H,(H,12,13,15). The Morgan fingerprint density at radius 1 is 1.44 bits per heavy atom. The predicted molar refractivity (Wildman–Crippen MR) is 63.1 cm³/mol. The molecule has 0 atom stereocenters. The summed E-state index contributed by atoms with van der Waals surface area (Å²) in [6.45, 7) is 0. The molecule has 0 fully saturated rings. The van der Waals surface area contributed by atoms with Crippen LogP contribution in [0, 0.1) is 15.2 Å². The third-order valence-corrected chi connectivity index (χ3v) is 2.74. The van der Waals surface area contributed by atoms with Crippen molar-refractivity contribution in [1.29, 1.82) is 0 Å². The molecule has 0 aliphatic rings. The van der Waals surface area contributed by atoms with Gasteiger partial charge in [-0.3, -0.25) is 20.2 Å². The summed E-state index contributed by atoms with van der Waals surface area (Å²) in [6.07, 6.45) is 0.958. The molecule has 2 rings (SSSR count). The zero-order chi connectivity index (χ0) is 13.1. The lowest BCUT2D eigenvalue weighted by molar-refractivity contribution is -0.385. The summed E-state index contributed by atoms with van der Waals surface area (Å²) >= 11 is 0.645. The van der Waals surface area contributed by atoms with Gasteiger partial charge in [0.05, 0.1) is 11.1 Å². The van der Waals surface area contributed by atoms with Crippen molar-refractivity contribution in [3.05, 3.63) is 51.3 Å². The first-order chi connectivity index (χ1) is 8.58. The van der Waals surface area contributed by atoms with Gasteiger partial charge in [-0.1, -0.05) is 23.5 Å². The van der Waals surface area contributed by atoms with E-state index in [0.717, 1.165) is 6.20 Å². The van der Waals surface area contributed by atoms with Gasteiger partial charge in [-0.05, 0) is 6.07 Å². The number of anilines is 1. The Morgan fingerprint density at radius 2 is 2.17 bits per heavy atom. The van der Waals surface area contributed by atoms with E-state index < -0.39 is 16.0 Å². The minimum Gasteiger partial charge on any atom is -0.298 e. The number of nitro benzene ring substituents is 1. The first-order valence-corrected chi connectivity index (χ1v) is 5.55. The molecule has 92 valence electrons. The number of para-hydroxylation sites is 1. The molecule has 18 heavy (non-hydrogen) atoms. The summed E-state index contributed by atoms with van der Waals surface area (Å²) in [6, 6.07) is 5.50. The van der Waals surface area contributed by atoms with Crippen molar-refractivity contribution in [3.63, 3.8) is 0 Å². The summed E-state index contributed by atoms with van der Waals surface area (Å²) in [5.74, 6) is -0.698. The largest absolute Gasteiger partial charge is 0.298 e. The molecule has 0 aliphatic carbocycles. The van der Waals surface area contributed by atoms with Gasteiger partial charge in [-0.25, -0.2) is 4.98 Å². The molecular formula is C10H6FN3O3S. The van der Waals surface area contributed by atoms with Crippen LogP contribution in [0.25, 0.3) is 0 Å². The van der Waals surface area contributed by atoms with Crippen molar-refractivity contribution in [3.8, 4) is 0 Å². The van der Waals surface area contributed by atoms with Gasteiger partial charge >= 0.3 is 0 Å². The highest BCUT2D eigenvalue weighted by atomic mass is 32.1. The molecule has 0 saturated heterocycles.